The lowest BCUT2D eigenvalue weighted by molar-refractivity contribution is -0.384. The van der Waals surface area contributed by atoms with Gasteiger partial charge in [-0.1, -0.05) is 5.21 Å². The molecule has 0 saturated heterocycles. The Morgan fingerprint density at radius 3 is 2.93 bits per heavy atom. The van der Waals surface area contributed by atoms with Crippen molar-refractivity contribution < 1.29 is 4.92 Å². The van der Waals surface area contributed by atoms with Crippen LogP contribution in [-0.4, -0.2) is 19.9 Å². The average Bonchev–Trinajstić information content (AvgIpc) is 2.47. The Morgan fingerprint density at radius 2 is 2.29 bits per heavy atom. The van der Waals surface area contributed by atoms with Crippen LogP contribution in [0.25, 0.3) is 11.0 Å². The molecule has 0 unspecified atom stereocenters. The predicted molar refractivity (Wildman–Crippen MR) is 52.9 cm³/mol. The van der Waals surface area contributed by atoms with Gasteiger partial charge in [-0.25, -0.2) is 4.68 Å². The molecule has 0 bridgehead atoms. The molecular weight excluding hydrogens is 252 g/mol. The molecule has 0 atom stereocenters. The van der Waals surface area contributed by atoms with Crippen LogP contribution < -0.4 is 0 Å². The molecule has 0 amide bonds. The van der Waals surface area contributed by atoms with E-state index in [2.05, 4.69) is 26.2 Å². The third kappa shape index (κ3) is 1.17. The fraction of sp³-hybridized carbons (Fsp3) is 0.143. The Morgan fingerprint density at radius 1 is 1.57 bits per heavy atom. The van der Waals surface area contributed by atoms with Gasteiger partial charge in [0.25, 0.3) is 0 Å². The van der Waals surface area contributed by atoms with Crippen LogP contribution in [0.4, 0.5) is 5.69 Å². The maximum absolute atomic E-state index is 10.8. The highest BCUT2D eigenvalue weighted by molar-refractivity contribution is 9.10. The first kappa shape index (κ1) is 9.07. The molecule has 1 aromatic heterocycles. The quantitative estimate of drug-likeness (QED) is 0.574. The number of rotatable bonds is 1. The molecule has 0 radical (unpaired) electrons. The van der Waals surface area contributed by atoms with E-state index in [0.717, 1.165) is 0 Å². The van der Waals surface area contributed by atoms with Crippen molar-refractivity contribution in [3.63, 3.8) is 0 Å². The molecule has 72 valence electrons. The summed E-state index contributed by atoms with van der Waals surface area (Å²) < 4.78 is 1.82. The summed E-state index contributed by atoms with van der Waals surface area (Å²) in [7, 11) is 1.62. The second kappa shape index (κ2) is 3.02. The van der Waals surface area contributed by atoms with E-state index in [4.69, 9.17) is 0 Å². The first-order chi connectivity index (χ1) is 6.61. The van der Waals surface area contributed by atoms with E-state index >= 15 is 0 Å². The van der Waals surface area contributed by atoms with Crippen LogP contribution in [0.3, 0.4) is 0 Å². The van der Waals surface area contributed by atoms with Crippen LogP contribution >= 0.6 is 15.9 Å². The SMILES string of the molecule is Cn1nnc2ccc(Br)c([N+](=O)[O-])c21. The molecule has 14 heavy (non-hydrogen) atoms. The smallest absolute Gasteiger partial charge is 0.258 e. The molecule has 2 rings (SSSR count). The van der Waals surface area contributed by atoms with Gasteiger partial charge in [0.1, 0.15) is 5.52 Å². The zero-order chi connectivity index (χ0) is 10.3. The zero-order valence-electron chi connectivity index (χ0n) is 7.14. The standard InChI is InChI=1S/C7H5BrN4O2/c1-11-7-5(9-10-11)3-2-4(8)6(7)12(13)14/h2-3H,1H3. The lowest BCUT2D eigenvalue weighted by Gasteiger charge is -1.97. The van der Waals surface area contributed by atoms with Crippen LogP contribution in [0, 0.1) is 10.1 Å². The Labute approximate surface area is 86.8 Å². The molecule has 0 spiro atoms. The number of aryl methyl sites for hydroxylation is 1. The van der Waals surface area contributed by atoms with Gasteiger partial charge in [0.05, 0.1) is 9.40 Å². The Hall–Kier alpha value is -1.50. The number of fused-ring (bicyclic) bond motifs is 1. The van der Waals surface area contributed by atoms with Crippen molar-refractivity contribution in [1.82, 2.24) is 15.0 Å². The molecule has 1 aromatic carbocycles. The van der Waals surface area contributed by atoms with Gasteiger partial charge < -0.3 is 0 Å². The number of nitrogens with zero attached hydrogens (tertiary/aromatic N) is 4. The van der Waals surface area contributed by atoms with E-state index in [1.54, 1.807) is 19.2 Å². The number of nitro benzene ring substituents is 1. The van der Waals surface area contributed by atoms with Gasteiger partial charge in [0.15, 0.2) is 5.52 Å². The van der Waals surface area contributed by atoms with Gasteiger partial charge in [-0.15, -0.1) is 5.10 Å². The van der Waals surface area contributed by atoms with Gasteiger partial charge in [0.2, 0.25) is 0 Å². The molecule has 0 N–H and O–H groups in total. The van der Waals surface area contributed by atoms with Crippen LogP contribution in [0.5, 0.6) is 0 Å². The minimum absolute atomic E-state index is 0.00463. The summed E-state index contributed by atoms with van der Waals surface area (Å²) in [5.74, 6) is 0. The summed E-state index contributed by atoms with van der Waals surface area (Å²) in [6, 6.07) is 3.27. The van der Waals surface area contributed by atoms with Crippen LogP contribution in [0.1, 0.15) is 0 Å². The predicted octanol–water partition coefficient (Wildman–Crippen LogP) is 1.64. The molecule has 0 aliphatic heterocycles. The van der Waals surface area contributed by atoms with Gasteiger partial charge in [-0.05, 0) is 28.1 Å². The average molecular weight is 257 g/mol. The zero-order valence-corrected chi connectivity index (χ0v) is 8.72. The summed E-state index contributed by atoms with van der Waals surface area (Å²) in [6.07, 6.45) is 0. The van der Waals surface area contributed by atoms with Crippen molar-refractivity contribution in [3.8, 4) is 0 Å². The highest BCUT2D eigenvalue weighted by Gasteiger charge is 2.20. The number of hydrogen-bond acceptors (Lipinski definition) is 4. The number of aromatic nitrogens is 3. The van der Waals surface area contributed by atoms with Crippen LogP contribution in [0.2, 0.25) is 0 Å². The van der Waals surface area contributed by atoms with E-state index in [1.165, 1.54) is 4.68 Å². The second-order valence-corrected chi connectivity index (χ2v) is 3.59. The van der Waals surface area contributed by atoms with Crippen molar-refractivity contribution in [2.75, 3.05) is 0 Å². The summed E-state index contributed by atoms with van der Waals surface area (Å²) in [5.41, 5.74) is 0.932. The minimum atomic E-state index is -0.449. The largest absolute Gasteiger partial charge is 0.310 e. The normalized spacial score (nSPS) is 10.7. The topological polar surface area (TPSA) is 73.8 Å². The maximum atomic E-state index is 10.8. The third-order valence-corrected chi connectivity index (χ3v) is 2.51. The third-order valence-electron chi connectivity index (χ3n) is 1.87. The van der Waals surface area contributed by atoms with E-state index < -0.39 is 4.92 Å². The van der Waals surface area contributed by atoms with Crippen molar-refractivity contribution in [2.24, 2.45) is 7.05 Å². The van der Waals surface area contributed by atoms with Crippen molar-refractivity contribution in [2.45, 2.75) is 0 Å². The molecule has 7 heteroatoms. The van der Waals surface area contributed by atoms with Gasteiger partial charge >= 0.3 is 5.69 Å². The van der Waals surface area contributed by atoms with Crippen molar-refractivity contribution in [1.29, 1.82) is 0 Å². The summed E-state index contributed by atoms with van der Waals surface area (Å²) in [6.45, 7) is 0. The first-order valence-electron chi connectivity index (χ1n) is 3.73. The monoisotopic (exact) mass is 256 g/mol. The summed E-state index contributed by atoms with van der Waals surface area (Å²) in [5, 5.41) is 18.3. The van der Waals surface area contributed by atoms with Crippen molar-refractivity contribution >= 4 is 32.7 Å². The van der Waals surface area contributed by atoms with Crippen molar-refractivity contribution in [3.05, 3.63) is 26.7 Å². The Balaban J connectivity index is 2.94. The molecular formula is C7H5BrN4O2. The highest BCUT2D eigenvalue weighted by atomic mass is 79.9. The maximum Gasteiger partial charge on any atom is 0.310 e. The number of halogens is 1. The van der Waals surface area contributed by atoms with E-state index in [0.29, 0.717) is 15.5 Å². The van der Waals surface area contributed by atoms with Crippen LogP contribution in [-0.2, 0) is 7.05 Å². The molecule has 6 nitrogen and oxygen atoms in total. The van der Waals surface area contributed by atoms with E-state index in [9.17, 15) is 10.1 Å². The summed E-state index contributed by atoms with van der Waals surface area (Å²) >= 11 is 3.13. The van der Waals surface area contributed by atoms with E-state index in [1.807, 2.05) is 0 Å². The first-order valence-corrected chi connectivity index (χ1v) is 4.53. The Bertz CT molecular complexity index is 522. The van der Waals surface area contributed by atoms with E-state index in [-0.39, 0.29) is 5.69 Å². The minimum Gasteiger partial charge on any atom is -0.258 e. The molecule has 0 fully saturated rings. The molecule has 1 heterocycles. The number of hydrogen-bond donors (Lipinski definition) is 0. The Kier molecular flexibility index (Phi) is 1.95. The summed E-state index contributed by atoms with van der Waals surface area (Å²) in [4.78, 5) is 10.3. The second-order valence-electron chi connectivity index (χ2n) is 2.73. The lowest BCUT2D eigenvalue weighted by atomic mass is 10.3. The number of nitro groups is 1. The lowest BCUT2D eigenvalue weighted by Crippen LogP contribution is -1.96. The molecule has 0 saturated carbocycles. The number of benzene rings is 1. The van der Waals surface area contributed by atoms with Crippen LogP contribution in [0.15, 0.2) is 16.6 Å². The van der Waals surface area contributed by atoms with Gasteiger partial charge in [0, 0.05) is 7.05 Å². The molecule has 0 aliphatic rings. The fourth-order valence-corrected chi connectivity index (χ4v) is 1.74. The van der Waals surface area contributed by atoms with Gasteiger partial charge in [-0.2, -0.15) is 0 Å². The molecule has 0 aliphatic carbocycles. The highest BCUT2D eigenvalue weighted by Crippen LogP contribution is 2.31. The fourth-order valence-electron chi connectivity index (χ4n) is 1.28. The molecule has 2 aromatic rings. The van der Waals surface area contributed by atoms with Gasteiger partial charge in [-0.3, -0.25) is 10.1 Å².